The van der Waals surface area contributed by atoms with Gasteiger partial charge < -0.3 is 4.98 Å². The first-order chi connectivity index (χ1) is 6.74. The van der Waals surface area contributed by atoms with Gasteiger partial charge in [0.1, 0.15) is 0 Å². The summed E-state index contributed by atoms with van der Waals surface area (Å²) in [4.78, 5) is 15.1. The van der Waals surface area contributed by atoms with Gasteiger partial charge in [-0.05, 0) is 36.4 Å². The van der Waals surface area contributed by atoms with Gasteiger partial charge in [0, 0.05) is 0 Å². The fraction of sp³-hybridized carbons (Fsp3) is 0.182. The van der Waals surface area contributed by atoms with Crippen LogP contribution in [0.25, 0.3) is 10.6 Å². The van der Waals surface area contributed by atoms with Crippen LogP contribution in [-0.2, 0) is 0 Å². The molecule has 0 radical (unpaired) electrons. The van der Waals surface area contributed by atoms with E-state index < -0.39 is 0 Å². The lowest BCUT2D eigenvalue weighted by Gasteiger charge is -1.94. The molecule has 2 aromatic heterocycles. The van der Waals surface area contributed by atoms with E-state index >= 15 is 0 Å². The number of aldehydes is 1. The van der Waals surface area contributed by atoms with Crippen LogP contribution in [0.3, 0.4) is 0 Å². The van der Waals surface area contributed by atoms with E-state index in [1.165, 1.54) is 4.88 Å². The molecule has 0 unspecified atom stereocenters. The third-order valence-corrected chi connectivity index (χ3v) is 3.37. The molecule has 2 nitrogen and oxygen atoms in total. The van der Waals surface area contributed by atoms with Crippen molar-refractivity contribution in [3.05, 3.63) is 34.3 Å². The van der Waals surface area contributed by atoms with Crippen LogP contribution >= 0.6 is 11.3 Å². The summed E-state index contributed by atoms with van der Waals surface area (Å²) in [7, 11) is 0. The van der Waals surface area contributed by atoms with Crippen molar-refractivity contribution in [1.29, 1.82) is 0 Å². The van der Waals surface area contributed by atoms with Crippen LogP contribution in [0.1, 0.15) is 21.6 Å². The minimum Gasteiger partial charge on any atom is -0.351 e. The van der Waals surface area contributed by atoms with Gasteiger partial charge in [-0.25, -0.2) is 0 Å². The molecule has 0 bridgehead atoms. The maximum Gasteiger partial charge on any atom is 0.166 e. The Balaban J connectivity index is 2.60. The lowest BCUT2D eigenvalue weighted by atomic mass is 10.1. The summed E-state index contributed by atoms with van der Waals surface area (Å²) in [6.07, 6.45) is 0.874. The molecule has 72 valence electrons. The molecule has 0 amide bonds. The minimum atomic E-state index is 0.686. The van der Waals surface area contributed by atoms with Crippen molar-refractivity contribution in [1.82, 2.24) is 4.98 Å². The van der Waals surface area contributed by atoms with Gasteiger partial charge >= 0.3 is 0 Å². The Morgan fingerprint density at radius 1 is 1.36 bits per heavy atom. The molecular formula is C11H11NOS. The van der Waals surface area contributed by atoms with Gasteiger partial charge in [0.2, 0.25) is 0 Å². The number of H-pyrrole nitrogens is 1. The fourth-order valence-corrected chi connectivity index (χ4v) is 2.28. The topological polar surface area (TPSA) is 32.9 Å². The number of rotatable bonds is 2. The predicted octanol–water partition coefficient (Wildman–Crippen LogP) is 3.17. The largest absolute Gasteiger partial charge is 0.351 e. The average Bonchev–Trinajstić information content (AvgIpc) is 2.78. The standard InChI is InChI=1S/C11H11NOS/c1-7-8(2)11(12-9(7)6-13)10-4-3-5-14-10/h3-6,12H,1-2H3. The molecule has 2 rings (SSSR count). The van der Waals surface area contributed by atoms with Crippen molar-refractivity contribution in [3.8, 4) is 10.6 Å². The quantitative estimate of drug-likeness (QED) is 0.750. The normalized spacial score (nSPS) is 10.4. The van der Waals surface area contributed by atoms with Crippen LogP contribution in [0, 0.1) is 13.8 Å². The zero-order valence-corrected chi connectivity index (χ0v) is 8.94. The summed E-state index contributed by atoms with van der Waals surface area (Å²) >= 11 is 1.68. The molecule has 0 fully saturated rings. The first kappa shape index (κ1) is 9.21. The highest BCUT2D eigenvalue weighted by atomic mass is 32.1. The summed E-state index contributed by atoms with van der Waals surface area (Å²) in [6.45, 7) is 4.00. The van der Waals surface area contributed by atoms with Gasteiger partial charge in [0.05, 0.1) is 16.3 Å². The minimum absolute atomic E-state index is 0.686. The van der Waals surface area contributed by atoms with Crippen LogP contribution < -0.4 is 0 Å². The summed E-state index contributed by atoms with van der Waals surface area (Å²) in [5, 5.41) is 2.03. The van der Waals surface area contributed by atoms with Crippen LogP contribution in [-0.4, -0.2) is 11.3 Å². The monoisotopic (exact) mass is 205 g/mol. The molecule has 3 heteroatoms. The Morgan fingerprint density at radius 3 is 2.64 bits per heavy atom. The molecule has 1 N–H and O–H groups in total. The molecule has 0 atom stereocenters. The number of aromatic amines is 1. The van der Waals surface area contributed by atoms with Crippen molar-refractivity contribution in [2.75, 3.05) is 0 Å². The Bertz CT molecular complexity index is 454. The molecule has 0 aliphatic heterocycles. The average molecular weight is 205 g/mol. The maximum absolute atomic E-state index is 10.7. The van der Waals surface area contributed by atoms with Crippen LogP contribution in [0.5, 0.6) is 0 Å². The summed E-state index contributed by atoms with van der Waals surface area (Å²) in [6, 6.07) is 4.06. The van der Waals surface area contributed by atoms with Crippen molar-refractivity contribution < 1.29 is 4.79 Å². The second-order valence-corrected chi connectivity index (χ2v) is 4.21. The number of hydrogen-bond donors (Lipinski definition) is 1. The third kappa shape index (κ3) is 1.30. The molecule has 0 aromatic carbocycles. The lowest BCUT2D eigenvalue weighted by Crippen LogP contribution is -1.81. The van der Waals surface area contributed by atoms with E-state index in [0.29, 0.717) is 5.69 Å². The molecule has 2 aromatic rings. The lowest BCUT2D eigenvalue weighted by molar-refractivity contribution is 0.111. The highest BCUT2D eigenvalue weighted by Gasteiger charge is 2.11. The van der Waals surface area contributed by atoms with E-state index in [-0.39, 0.29) is 0 Å². The summed E-state index contributed by atoms with van der Waals surface area (Å²) < 4.78 is 0. The van der Waals surface area contributed by atoms with E-state index in [1.54, 1.807) is 11.3 Å². The third-order valence-electron chi connectivity index (χ3n) is 2.49. The zero-order chi connectivity index (χ0) is 10.1. The first-order valence-electron chi connectivity index (χ1n) is 4.42. The van der Waals surface area contributed by atoms with Crippen molar-refractivity contribution in [3.63, 3.8) is 0 Å². The fourth-order valence-electron chi connectivity index (χ4n) is 1.50. The van der Waals surface area contributed by atoms with Gasteiger partial charge in [-0.2, -0.15) is 0 Å². The maximum atomic E-state index is 10.7. The Hall–Kier alpha value is -1.35. The first-order valence-corrected chi connectivity index (χ1v) is 5.30. The number of carbonyl (C=O) groups is 1. The van der Waals surface area contributed by atoms with E-state index in [0.717, 1.165) is 23.1 Å². The highest BCUT2D eigenvalue weighted by Crippen LogP contribution is 2.29. The van der Waals surface area contributed by atoms with E-state index in [4.69, 9.17) is 0 Å². The van der Waals surface area contributed by atoms with E-state index in [9.17, 15) is 4.79 Å². The smallest absolute Gasteiger partial charge is 0.166 e. The molecular weight excluding hydrogens is 194 g/mol. The summed E-state index contributed by atoms with van der Waals surface area (Å²) in [5.41, 5.74) is 3.96. The molecule has 0 saturated heterocycles. The molecule has 14 heavy (non-hydrogen) atoms. The molecule has 0 aliphatic carbocycles. The number of aromatic nitrogens is 1. The molecule has 0 saturated carbocycles. The van der Waals surface area contributed by atoms with Crippen molar-refractivity contribution >= 4 is 17.6 Å². The van der Waals surface area contributed by atoms with Gasteiger partial charge in [-0.1, -0.05) is 6.07 Å². The van der Waals surface area contributed by atoms with Crippen molar-refractivity contribution in [2.45, 2.75) is 13.8 Å². The number of thiophene rings is 1. The zero-order valence-electron chi connectivity index (χ0n) is 8.13. The van der Waals surface area contributed by atoms with Crippen molar-refractivity contribution in [2.24, 2.45) is 0 Å². The van der Waals surface area contributed by atoms with E-state index in [2.05, 4.69) is 11.1 Å². The predicted molar refractivity (Wildman–Crippen MR) is 59.0 cm³/mol. The Morgan fingerprint density at radius 2 is 2.14 bits per heavy atom. The Labute approximate surface area is 86.6 Å². The number of hydrogen-bond acceptors (Lipinski definition) is 2. The second-order valence-electron chi connectivity index (χ2n) is 3.26. The van der Waals surface area contributed by atoms with Gasteiger partial charge in [0.15, 0.2) is 6.29 Å². The van der Waals surface area contributed by atoms with Crippen LogP contribution in [0.2, 0.25) is 0 Å². The Kier molecular flexibility index (Phi) is 2.25. The van der Waals surface area contributed by atoms with Gasteiger partial charge in [-0.3, -0.25) is 4.79 Å². The number of nitrogens with one attached hydrogen (secondary N) is 1. The van der Waals surface area contributed by atoms with Gasteiger partial charge in [-0.15, -0.1) is 11.3 Å². The van der Waals surface area contributed by atoms with Gasteiger partial charge in [0.25, 0.3) is 0 Å². The SMILES string of the molecule is Cc1c(C=O)[nH]c(-c2cccs2)c1C. The van der Waals surface area contributed by atoms with E-state index in [1.807, 2.05) is 25.3 Å². The molecule has 2 heterocycles. The molecule has 0 spiro atoms. The highest BCUT2D eigenvalue weighted by molar-refractivity contribution is 7.13. The van der Waals surface area contributed by atoms with Crippen LogP contribution in [0.15, 0.2) is 17.5 Å². The molecule has 0 aliphatic rings. The van der Waals surface area contributed by atoms with Crippen LogP contribution in [0.4, 0.5) is 0 Å². The second kappa shape index (κ2) is 3.42. The summed E-state index contributed by atoms with van der Waals surface area (Å²) in [5.74, 6) is 0. The number of carbonyl (C=O) groups excluding carboxylic acids is 1.